The number of amides is 4. The van der Waals surface area contributed by atoms with Crippen LogP contribution in [0.5, 0.6) is 11.5 Å². The Labute approximate surface area is 331 Å². The van der Waals surface area contributed by atoms with Crippen LogP contribution in [0.2, 0.25) is 0 Å². The molecule has 2 N–H and O–H groups in total. The Hall–Kier alpha value is -7.10. The Morgan fingerprint density at radius 3 is 2.12 bits per heavy atom. The van der Waals surface area contributed by atoms with Crippen LogP contribution in [0.25, 0.3) is 0 Å². The third-order valence-electron chi connectivity index (χ3n) is 12.1. The number of carbonyl (C=O) groups is 4. The summed E-state index contributed by atoms with van der Waals surface area (Å²) < 4.78 is 5.57. The summed E-state index contributed by atoms with van der Waals surface area (Å²) in [6.07, 6.45) is 1.73. The molecule has 0 radical (unpaired) electrons. The molecule has 1 saturated carbocycles. The van der Waals surface area contributed by atoms with E-state index in [1.165, 1.54) is 32.2 Å². The molecule has 4 aliphatic rings. The molecule has 2 heterocycles. The number of aryl methyl sites for hydroxylation is 1. The number of nitro benzene ring substituents is 2. The summed E-state index contributed by atoms with van der Waals surface area (Å²) in [5, 5.41) is 37.1. The Morgan fingerprint density at radius 2 is 1.52 bits per heavy atom. The van der Waals surface area contributed by atoms with E-state index in [0.717, 1.165) is 27.6 Å². The second-order valence-corrected chi connectivity index (χ2v) is 15.3. The van der Waals surface area contributed by atoms with Crippen LogP contribution in [0.3, 0.4) is 0 Å². The maximum Gasteiger partial charge on any atom is 0.301 e. The lowest BCUT2D eigenvalue weighted by molar-refractivity contribution is -0.392. The number of carbonyl (C=O) groups excluding carboxylic acids is 4. The van der Waals surface area contributed by atoms with Crippen molar-refractivity contribution in [2.45, 2.75) is 31.1 Å². The van der Waals surface area contributed by atoms with E-state index >= 15 is 4.79 Å². The van der Waals surface area contributed by atoms with E-state index in [2.05, 4.69) is 5.43 Å². The highest BCUT2D eigenvalue weighted by molar-refractivity contribution is 6.23. The van der Waals surface area contributed by atoms with E-state index in [0.29, 0.717) is 22.6 Å². The monoisotopic (exact) mass is 786 g/mol. The number of hydrazine groups is 1. The number of hydrogen-bond acceptors (Lipinski definition) is 12. The number of nitrogens with zero attached hydrogens (tertiary/aromatic N) is 5. The molecule has 2 aliphatic carbocycles. The molecular weight excluding hydrogens is 748 g/mol. The summed E-state index contributed by atoms with van der Waals surface area (Å²) in [6.45, 7) is 1.90. The normalized spacial score (nSPS) is 24.8. The molecule has 2 saturated heterocycles. The van der Waals surface area contributed by atoms with Crippen LogP contribution in [0.4, 0.5) is 28.4 Å². The van der Waals surface area contributed by atoms with Gasteiger partial charge in [0.15, 0.2) is 5.69 Å². The number of rotatable bonds is 9. The zero-order valence-corrected chi connectivity index (χ0v) is 31.8. The Balaban J connectivity index is 1.32. The number of fused-ring (bicyclic) bond motifs is 4. The maximum absolute atomic E-state index is 15.4. The fourth-order valence-electron chi connectivity index (χ4n) is 9.69. The molecule has 0 spiro atoms. The highest BCUT2D eigenvalue weighted by Crippen LogP contribution is 2.65. The summed E-state index contributed by atoms with van der Waals surface area (Å²) in [7, 11) is 4.27. The predicted molar refractivity (Wildman–Crippen MR) is 210 cm³/mol. The van der Waals surface area contributed by atoms with Crippen molar-refractivity contribution in [2.75, 3.05) is 36.4 Å². The maximum atomic E-state index is 15.4. The molecular formula is C42H38N6O10. The quantitative estimate of drug-likeness (QED) is 0.0897. The summed E-state index contributed by atoms with van der Waals surface area (Å²) >= 11 is 0. The van der Waals surface area contributed by atoms with Crippen molar-refractivity contribution < 1.29 is 38.9 Å². The molecule has 6 atom stereocenters. The minimum Gasteiger partial charge on any atom is -0.508 e. The zero-order valence-electron chi connectivity index (χ0n) is 31.8. The van der Waals surface area contributed by atoms with E-state index in [-0.39, 0.29) is 35.5 Å². The lowest BCUT2D eigenvalue weighted by Crippen LogP contribution is -2.53. The summed E-state index contributed by atoms with van der Waals surface area (Å²) in [4.78, 5) is 84.3. The number of nitro groups is 2. The van der Waals surface area contributed by atoms with Gasteiger partial charge in [-0.05, 0) is 61.6 Å². The fourth-order valence-corrected chi connectivity index (χ4v) is 9.69. The fraction of sp³-hybridized carbons (Fsp3) is 0.286. The third kappa shape index (κ3) is 5.49. The third-order valence-corrected chi connectivity index (χ3v) is 12.1. The lowest BCUT2D eigenvalue weighted by Gasteiger charge is -2.50. The molecule has 16 heteroatoms. The van der Waals surface area contributed by atoms with Gasteiger partial charge in [-0.2, -0.15) is 5.01 Å². The molecule has 58 heavy (non-hydrogen) atoms. The van der Waals surface area contributed by atoms with Crippen LogP contribution in [-0.4, -0.2) is 64.8 Å². The molecule has 4 amide bonds. The number of allylic oxidation sites excluding steroid dienone is 2. The van der Waals surface area contributed by atoms with Crippen molar-refractivity contribution in [1.29, 1.82) is 0 Å². The number of benzene rings is 4. The first kappa shape index (κ1) is 37.8. The van der Waals surface area contributed by atoms with Crippen LogP contribution < -0.4 is 20.0 Å². The first-order chi connectivity index (χ1) is 27.7. The van der Waals surface area contributed by atoms with Crippen LogP contribution >= 0.6 is 0 Å². The van der Waals surface area contributed by atoms with Gasteiger partial charge in [-0.1, -0.05) is 59.7 Å². The van der Waals surface area contributed by atoms with Crippen molar-refractivity contribution in [2.24, 2.45) is 23.7 Å². The number of imide groups is 2. The van der Waals surface area contributed by atoms with Crippen LogP contribution in [0.1, 0.15) is 35.4 Å². The van der Waals surface area contributed by atoms with E-state index in [1.54, 1.807) is 60.7 Å². The number of phenols is 1. The SMILES string of the molecule is COc1ccc(O)c([C@H]2C3=CC[C@@H]4C(=O)N(c5cc([N+](=O)[O-])c(N(C)C)c([N+](=O)[O-])c5)C(=O)[C@@H]4[C@@H]3C[C@H]3C(=O)N(Nc4ccc(C)cc4)C(=O)[C@@]23c2ccccc2)c1. The van der Waals surface area contributed by atoms with Gasteiger partial charge in [-0.25, -0.2) is 4.90 Å². The molecule has 8 rings (SSSR count). The van der Waals surface area contributed by atoms with E-state index in [9.17, 15) is 39.7 Å². The van der Waals surface area contributed by atoms with Gasteiger partial charge < -0.3 is 14.7 Å². The second-order valence-electron chi connectivity index (χ2n) is 15.3. The van der Waals surface area contributed by atoms with Gasteiger partial charge >= 0.3 is 11.4 Å². The molecule has 0 aromatic heterocycles. The van der Waals surface area contributed by atoms with Crippen LogP contribution in [0.15, 0.2) is 96.6 Å². The Bertz CT molecular complexity index is 2430. The van der Waals surface area contributed by atoms with Crippen molar-refractivity contribution in [1.82, 2.24) is 5.01 Å². The number of phenolic OH excluding ortho intramolecular Hbond substituents is 1. The van der Waals surface area contributed by atoms with Gasteiger partial charge in [0, 0.05) is 37.7 Å². The van der Waals surface area contributed by atoms with Crippen LogP contribution in [0, 0.1) is 50.8 Å². The van der Waals surface area contributed by atoms with Crippen molar-refractivity contribution >= 4 is 52.1 Å². The molecule has 0 bridgehead atoms. The van der Waals surface area contributed by atoms with Gasteiger partial charge in [0.2, 0.25) is 11.8 Å². The Morgan fingerprint density at radius 1 is 0.862 bits per heavy atom. The minimum atomic E-state index is -1.66. The average molecular weight is 787 g/mol. The van der Waals surface area contributed by atoms with E-state index < -0.39 is 79.9 Å². The number of anilines is 3. The molecule has 4 aromatic rings. The largest absolute Gasteiger partial charge is 0.508 e. The van der Waals surface area contributed by atoms with Crippen molar-refractivity contribution in [3.05, 3.63) is 133 Å². The average Bonchev–Trinajstić information content (AvgIpc) is 3.59. The number of ether oxygens (including phenoxy) is 1. The summed E-state index contributed by atoms with van der Waals surface area (Å²) in [5.41, 5.74) is 2.13. The molecule has 0 unspecified atom stereocenters. The molecule has 4 aromatic carbocycles. The smallest absolute Gasteiger partial charge is 0.301 e. The van der Waals surface area contributed by atoms with Gasteiger partial charge in [-0.15, -0.1) is 0 Å². The number of methoxy groups -OCH3 is 1. The minimum absolute atomic E-state index is 0.00176. The molecule has 3 fully saturated rings. The first-order valence-corrected chi connectivity index (χ1v) is 18.6. The summed E-state index contributed by atoms with van der Waals surface area (Å²) in [6, 6.07) is 22.5. The highest BCUT2D eigenvalue weighted by atomic mass is 16.6. The second kappa shape index (κ2) is 13.8. The van der Waals surface area contributed by atoms with E-state index in [4.69, 9.17) is 4.74 Å². The molecule has 16 nitrogen and oxygen atoms in total. The number of hydrogen-bond donors (Lipinski definition) is 2. The van der Waals surface area contributed by atoms with Gasteiger partial charge in [0.25, 0.3) is 11.8 Å². The molecule has 2 aliphatic heterocycles. The van der Waals surface area contributed by atoms with Gasteiger partial charge in [-0.3, -0.25) is 44.8 Å². The summed E-state index contributed by atoms with van der Waals surface area (Å²) in [5.74, 6) is -7.60. The standard InChI is InChI=1S/C42H38N6O10/c1-22-10-12-24(13-11-22)43-46-39(51)31-21-29-27(36(30-20-26(58-4)14-17-34(30)49)42(31,41(46)53)23-8-6-5-7-9-23)15-16-28-35(29)40(52)45(38(28)50)25-18-32(47(54)55)37(44(2)3)33(19-25)48(56)57/h5-15,17-20,28-29,31,35-36,43,49H,16,21H2,1-4H3/t28-,29+,31-,35-,36+,42+/m0/s1. The van der Waals surface area contributed by atoms with Crippen molar-refractivity contribution in [3.63, 3.8) is 0 Å². The lowest BCUT2D eigenvalue weighted by atomic mass is 9.49. The number of nitrogens with one attached hydrogen (secondary N) is 1. The Kier molecular flexibility index (Phi) is 9.01. The van der Waals surface area contributed by atoms with Crippen LogP contribution in [-0.2, 0) is 24.6 Å². The first-order valence-electron chi connectivity index (χ1n) is 18.6. The van der Waals surface area contributed by atoms with E-state index in [1.807, 2.05) is 19.1 Å². The van der Waals surface area contributed by atoms with Gasteiger partial charge in [0.1, 0.15) is 11.5 Å². The molecule has 296 valence electrons. The highest BCUT2D eigenvalue weighted by Gasteiger charge is 2.70. The zero-order chi connectivity index (χ0) is 41.4. The predicted octanol–water partition coefficient (Wildman–Crippen LogP) is 5.78. The number of aromatic hydroxyl groups is 1. The topological polar surface area (TPSA) is 206 Å². The van der Waals surface area contributed by atoms with Crippen molar-refractivity contribution in [3.8, 4) is 11.5 Å². The van der Waals surface area contributed by atoms with Gasteiger partial charge in [0.05, 0.1) is 51.5 Å².